The van der Waals surface area contributed by atoms with E-state index in [0.717, 1.165) is 6.07 Å². The summed E-state index contributed by atoms with van der Waals surface area (Å²) in [6, 6.07) is 1.24. The van der Waals surface area contributed by atoms with Crippen molar-refractivity contribution in [1.29, 1.82) is 0 Å². The molecule has 0 radical (unpaired) electrons. The molecule has 0 aromatic heterocycles. The van der Waals surface area contributed by atoms with Gasteiger partial charge in [0.05, 0.1) is 16.7 Å². The topological polar surface area (TPSA) is 69.2 Å². The highest BCUT2D eigenvalue weighted by atomic mass is 19.2. The van der Waals surface area contributed by atoms with Gasteiger partial charge in [0.1, 0.15) is 0 Å². The molecule has 0 saturated carbocycles. The average Bonchev–Trinajstić information content (AvgIpc) is 1.99. The number of hydrogen-bond donors (Lipinski definition) is 1. The number of non-ortho nitro benzene ring substituents is 1. The maximum absolute atomic E-state index is 12.5. The molecule has 0 aliphatic carbocycles. The first-order valence-electron chi connectivity index (χ1n) is 2.91. The molecule has 4 nitrogen and oxygen atoms in total. The van der Waals surface area contributed by atoms with Crippen molar-refractivity contribution in [1.82, 2.24) is 0 Å². The molecule has 0 fully saturated rings. The minimum atomic E-state index is -1.32. The predicted molar refractivity (Wildman–Crippen MR) is 37.4 cm³/mol. The number of hydrogen-bond acceptors (Lipinski definition) is 3. The van der Waals surface area contributed by atoms with E-state index in [1.165, 1.54) is 0 Å². The molecule has 64 valence electrons. The van der Waals surface area contributed by atoms with Gasteiger partial charge in [0.2, 0.25) is 0 Å². The van der Waals surface area contributed by atoms with Crippen molar-refractivity contribution in [3.05, 3.63) is 33.9 Å². The number of nitro benzene ring substituents is 1. The van der Waals surface area contributed by atoms with Gasteiger partial charge in [-0.3, -0.25) is 10.1 Å². The minimum absolute atomic E-state index is 0.478. The van der Waals surface area contributed by atoms with Crippen molar-refractivity contribution < 1.29 is 13.7 Å². The molecule has 1 rings (SSSR count). The quantitative estimate of drug-likeness (QED) is 0.398. The standard InChI is InChI=1S/C6H4F2N2O2/c7-4-1-3(10(11)12)2-5(9)6(4)8/h1-2H,9H2. The van der Waals surface area contributed by atoms with E-state index in [1.807, 2.05) is 0 Å². The lowest BCUT2D eigenvalue weighted by Crippen LogP contribution is -1.97. The second-order valence-corrected chi connectivity index (χ2v) is 2.09. The Bertz CT molecular complexity index is 317. The maximum atomic E-state index is 12.5. The Labute approximate surface area is 65.8 Å². The second kappa shape index (κ2) is 2.72. The number of anilines is 1. The zero-order valence-corrected chi connectivity index (χ0v) is 5.75. The van der Waals surface area contributed by atoms with Crippen molar-refractivity contribution in [3.63, 3.8) is 0 Å². The monoisotopic (exact) mass is 174 g/mol. The molecular weight excluding hydrogens is 170 g/mol. The van der Waals surface area contributed by atoms with E-state index in [1.54, 1.807) is 0 Å². The average molecular weight is 174 g/mol. The lowest BCUT2D eigenvalue weighted by atomic mass is 10.2. The fourth-order valence-electron chi connectivity index (χ4n) is 0.701. The van der Waals surface area contributed by atoms with E-state index in [2.05, 4.69) is 0 Å². The van der Waals surface area contributed by atoms with Gasteiger partial charge in [0.15, 0.2) is 11.6 Å². The summed E-state index contributed by atoms with van der Waals surface area (Å²) < 4.78 is 24.9. The van der Waals surface area contributed by atoms with Crippen LogP contribution < -0.4 is 5.73 Å². The number of nitrogen functional groups attached to an aromatic ring is 1. The molecule has 2 N–H and O–H groups in total. The van der Waals surface area contributed by atoms with E-state index in [9.17, 15) is 18.9 Å². The Hall–Kier alpha value is -1.72. The molecule has 1 aromatic carbocycles. The van der Waals surface area contributed by atoms with Crippen LogP contribution in [0.4, 0.5) is 20.2 Å². The van der Waals surface area contributed by atoms with Gasteiger partial charge in [-0.2, -0.15) is 0 Å². The summed E-state index contributed by atoms with van der Waals surface area (Å²) >= 11 is 0. The summed E-state index contributed by atoms with van der Waals surface area (Å²) in [5.41, 5.74) is 3.81. The third-order valence-corrected chi connectivity index (χ3v) is 1.25. The molecule has 0 aliphatic rings. The number of nitrogens with two attached hydrogens (primary N) is 1. The summed E-state index contributed by atoms with van der Waals surface area (Å²) in [5.74, 6) is -2.58. The normalized spacial score (nSPS) is 9.83. The number of halogens is 2. The van der Waals surface area contributed by atoms with E-state index in [4.69, 9.17) is 5.73 Å². The third kappa shape index (κ3) is 1.31. The molecule has 1 aromatic rings. The SMILES string of the molecule is Nc1cc([N+](=O)[O-])cc(F)c1F. The first-order valence-corrected chi connectivity index (χ1v) is 2.91. The van der Waals surface area contributed by atoms with Crippen LogP contribution in [-0.2, 0) is 0 Å². The van der Waals surface area contributed by atoms with E-state index in [-0.39, 0.29) is 0 Å². The zero-order chi connectivity index (χ0) is 9.30. The third-order valence-electron chi connectivity index (χ3n) is 1.25. The molecule has 0 spiro atoms. The van der Waals surface area contributed by atoms with Gasteiger partial charge in [-0.1, -0.05) is 0 Å². The Balaban J connectivity index is 3.31. The Morgan fingerprint density at radius 2 is 2.00 bits per heavy atom. The number of nitro groups is 1. The molecular formula is C6H4F2N2O2. The van der Waals surface area contributed by atoms with Crippen LogP contribution in [0.15, 0.2) is 12.1 Å². The molecule has 0 atom stereocenters. The van der Waals surface area contributed by atoms with E-state index in [0.29, 0.717) is 6.07 Å². The summed E-state index contributed by atoms with van der Waals surface area (Å²) in [6.45, 7) is 0. The van der Waals surface area contributed by atoms with Crippen LogP contribution in [0.2, 0.25) is 0 Å². The fourth-order valence-corrected chi connectivity index (χ4v) is 0.701. The highest BCUT2D eigenvalue weighted by Crippen LogP contribution is 2.21. The van der Waals surface area contributed by atoms with Crippen LogP contribution in [0.3, 0.4) is 0 Å². The lowest BCUT2D eigenvalue weighted by Gasteiger charge is -1.97. The van der Waals surface area contributed by atoms with Gasteiger partial charge in [-0.05, 0) is 0 Å². The molecule has 0 bridgehead atoms. The van der Waals surface area contributed by atoms with Crippen LogP contribution in [0.1, 0.15) is 0 Å². The number of nitrogens with zero attached hydrogens (tertiary/aromatic N) is 1. The van der Waals surface area contributed by atoms with Crippen molar-refractivity contribution in [2.75, 3.05) is 5.73 Å². The van der Waals surface area contributed by atoms with E-state index < -0.39 is 27.9 Å². The lowest BCUT2D eigenvalue weighted by molar-refractivity contribution is -0.385. The number of rotatable bonds is 1. The van der Waals surface area contributed by atoms with Crippen LogP contribution in [0.25, 0.3) is 0 Å². The summed E-state index contributed by atoms with van der Waals surface area (Å²) in [5, 5.41) is 10.1. The Morgan fingerprint density at radius 1 is 1.42 bits per heavy atom. The highest BCUT2D eigenvalue weighted by molar-refractivity contribution is 5.49. The van der Waals surface area contributed by atoms with Crippen LogP contribution >= 0.6 is 0 Å². The first-order chi connectivity index (χ1) is 5.52. The molecule has 0 saturated heterocycles. The van der Waals surface area contributed by atoms with Gasteiger partial charge < -0.3 is 5.73 Å². The van der Waals surface area contributed by atoms with Crippen LogP contribution in [0.5, 0.6) is 0 Å². The van der Waals surface area contributed by atoms with Crippen molar-refractivity contribution in [2.45, 2.75) is 0 Å². The predicted octanol–water partition coefficient (Wildman–Crippen LogP) is 1.46. The maximum Gasteiger partial charge on any atom is 0.274 e. The summed E-state index contributed by atoms with van der Waals surface area (Å²) in [6.07, 6.45) is 0. The van der Waals surface area contributed by atoms with Gasteiger partial charge >= 0.3 is 0 Å². The first kappa shape index (κ1) is 8.38. The van der Waals surface area contributed by atoms with Crippen molar-refractivity contribution in [2.24, 2.45) is 0 Å². The van der Waals surface area contributed by atoms with Crippen molar-refractivity contribution >= 4 is 11.4 Å². The fraction of sp³-hybridized carbons (Fsp3) is 0. The summed E-state index contributed by atoms with van der Waals surface area (Å²) in [7, 11) is 0. The molecule has 0 heterocycles. The molecule has 0 unspecified atom stereocenters. The van der Waals surface area contributed by atoms with Gasteiger partial charge in [0.25, 0.3) is 5.69 Å². The van der Waals surface area contributed by atoms with E-state index >= 15 is 0 Å². The molecule has 0 aliphatic heterocycles. The second-order valence-electron chi connectivity index (χ2n) is 2.09. The minimum Gasteiger partial charge on any atom is -0.396 e. The zero-order valence-electron chi connectivity index (χ0n) is 5.75. The number of benzene rings is 1. The molecule has 0 amide bonds. The molecule has 12 heavy (non-hydrogen) atoms. The Kier molecular flexibility index (Phi) is 1.90. The van der Waals surface area contributed by atoms with Crippen LogP contribution in [0, 0.1) is 21.7 Å². The Morgan fingerprint density at radius 3 is 2.42 bits per heavy atom. The van der Waals surface area contributed by atoms with Crippen LogP contribution in [-0.4, -0.2) is 4.92 Å². The largest absolute Gasteiger partial charge is 0.396 e. The smallest absolute Gasteiger partial charge is 0.274 e. The van der Waals surface area contributed by atoms with Gasteiger partial charge in [-0.25, -0.2) is 8.78 Å². The van der Waals surface area contributed by atoms with Crippen molar-refractivity contribution in [3.8, 4) is 0 Å². The summed E-state index contributed by atoms with van der Waals surface area (Å²) in [4.78, 5) is 9.23. The van der Waals surface area contributed by atoms with Gasteiger partial charge in [0, 0.05) is 6.07 Å². The highest BCUT2D eigenvalue weighted by Gasteiger charge is 2.14. The van der Waals surface area contributed by atoms with Gasteiger partial charge in [-0.15, -0.1) is 0 Å². The molecule has 6 heteroatoms.